The van der Waals surface area contributed by atoms with Crippen LogP contribution >= 0.6 is 0 Å². The van der Waals surface area contributed by atoms with Gasteiger partial charge in [0, 0.05) is 12.1 Å². The number of oxime groups is 1. The Kier molecular flexibility index (Phi) is 4.32. The summed E-state index contributed by atoms with van der Waals surface area (Å²) in [4.78, 5) is 11.2. The smallest absolute Gasteiger partial charge is 0.422 e. The fourth-order valence-electron chi connectivity index (χ4n) is 2.14. The third kappa shape index (κ3) is 3.07. The molecular weight excluding hydrogens is 298 g/mol. The van der Waals surface area contributed by atoms with Crippen molar-refractivity contribution in [1.82, 2.24) is 4.72 Å². The fourth-order valence-corrected chi connectivity index (χ4v) is 3.33. The molecule has 0 aromatic heterocycles. The normalized spacial score (nSPS) is 17.0. The third-order valence-electron chi connectivity index (χ3n) is 3.07. The Morgan fingerprint density at radius 2 is 2.14 bits per heavy atom. The number of hydrogen-bond donors (Lipinski definition) is 2. The summed E-state index contributed by atoms with van der Waals surface area (Å²) in [6.45, 7) is 0.155. The molecule has 0 radical (unpaired) electrons. The van der Waals surface area contributed by atoms with Crippen LogP contribution in [0.4, 0.5) is 10.5 Å². The van der Waals surface area contributed by atoms with Gasteiger partial charge in [0.25, 0.3) is 0 Å². The summed E-state index contributed by atoms with van der Waals surface area (Å²) in [5.41, 5.74) is 1.26. The second-order valence-corrected chi connectivity index (χ2v) is 5.93. The molecule has 1 amide bonds. The number of para-hydroxylation sites is 1. The summed E-state index contributed by atoms with van der Waals surface area (Å²) in [7, 11) is -3.01. The van der Waals surface area contributed by atoms with E-state index >= 15 is 0 Å². The second-order valence-electron chi connectivity index (χ2n) is 4.34. The first-order valence-corrected chi connectivity index (χ1v) is 7.62. The Morgan fingerprint density at radius 1 is 1.43 bits per heavy atom. The minimum absolute atomic E-state index is 0.155. The summed E-state index contributed by atoms with van der Waals surface area (Å²) >= 11 is 0. The molecule has 1 aromatic rings. The van der Waals surface area contributed by atoms with Crippen LogP contribution in [0.25, 0.3) is 0 Å². The standard InChI is InChI=1S/C12H15N3O5S/c1-20-12(16)14-21(18,19)15-8-4-6-10(13-17)9-5-2-3-7-11(9)15/h2-3,5,7,17H,4,6,8H2,1H3,(H,14,16)/b13-10-. The van der Waals surface area contributed by atoms with Crippen LogP contribution in [0.15, 0.2) is 29.4 Å². The fraction of sp³-hybridized carbons (Fsp3) is 0.333. The van der Waals surface area contributed by atoms with E-state index in [-0.39, 0.29) is 6.54 Å². The summed E-state index contributed by atoms with van der Waals surface area (Å²) in [6, 6.07) is 6.63. The lowest BCUT2D eigenvalue weighted by Gasteiger charge is -2.23. The van der Waals surface area contributed by atoms with Crippen molar-refractivity contribution in [1.29, 1.82) is 0 Å². The lowest BCUT2D eigenvalue weighted by atomic mass is 10.1. The Labute approximate surface area is 122 Å². The Balaban J connectivity index is 2.47. The van der Waals surface area contributed by atoms with Gasteiger partial charge in [-0.3, -0.25) is 4.31 Å². The average molecular weight is 313 g/mol. The quantitative estimate of drug-likeness (QED) is 0.627. The highest BCUT2D eigenvalue weighted by molar-refractivity contribution is 7.91. The number of carbonyl (C=O) groups is 1. The predicted molar refractivity (Wildman–Crippen MR) is 75.8 cm³/mol. The highest BCUT2D eigenvalue weighted by Crippen LogP contribution is 2.28. The van der Waals surface area contributed by atoms with Gasteiger partial charge in [-0.1, -0.05) is 23.4 Å². The first kappa shape index (κ1) is 15.1. The van der Waals surface area contributed by atoms with Crippen molar-refractivity contribution < 1.29 is 23.2 Å². The zero-order valence-corrected chi connectivity index (χ0v) is 12.1. The topological polar surface area (TPSA) is 108 Å². The zero-order chi connectivity index (χ0) is 15.5. The molecule has 0 saturated heterocycles. The van der Waals surface area contributed by atoms with Crippen LogP contribution in [-0.2, 0) is 14.9 Å². The van der Waals surface area contributed by atoms with Crippen LogP contribution in [0, 0.1) is 0 Å². The van der Waals surface area contributed by atoms with E-state index in [4.69, 9.17) is 5.21 Å². The van der Waals surface area contributed by atoms with Gasteiger partial charge >= 0.3 is 16.3 Å². The van der Waals surface area contributed by atoms with E-state index in [1.807, 2.05) is 4.72 Å². The van der Waals surface area contributed by atoms with Crippen molar-refractivity contribution in [2.45, 2.75) is 12.8 Å². The van der Waals surface area contributed by atoms with Gasteiger partial charge in [-0.25, -0.2) is 9.52 Å². The lowest BCUT2D eigenvalue weighted by molar-refractivity contribution is 0.177. The number of rotatable bonds is 2. The van der Waals surface area contributed by atoms with Gasteiger partial charge in [0.1, 0.15) is 0 Å². The molecule has 114 valence electrons. The molecule has 8 nitrogen and oxygen atoms in total. The molecule has 1 aromatic carbocycles. The van der Waals surface area contributed by atoms with E-state index in [0.717, 1.165) is 11.4 Å². The Morgan fingerprint density at radius 3 is 2.81 bits per heavy atom. The molecule has 0 aliphatic carbocycles. The monoisotopic (exact) mass is 313 g/mol. The van der Waals surface area contributed by atoms with Crippen molar-refractivity contribution in [2.24, 2.45) is 5.16 Å². The maximum atomic E-state index is 12.3. The van der Waals surface area contributed by atoms with Crippen LogP contribution in [0.3, 0.4) is 0 Å². The molecule has 9 heteroatoms. The second kappa shape index (κ2) is 6.00. The van der Waals surface area contributed by atoms with E-state index in [9.17, 15) is 13.2 Å². The van der Waals surface area contributed by atoms with E-state index in [1.54, 1.807) is 24.3 Å². The van der Waals surface area contributed by atoms with Gasteiger partial charge in [0.2, 0.25) is 0 Å². The number of fused-ring (bicyclic) bond motifs is 1. The van der Waals surface area contributed by atoms with Gasteiger partial charge in [-0.05, 0) is 18.9 Å². The molecule has 0 saturated carbocycles. The van der Waals surface area contributed by atoms with Crippen molar-refractivity contribution >= 4 is 27.7 Å². The number of methoxy groups -OCH3 is 1. The summed E-state index contributed by atoms with van der Waals surface area (Å²) in [6.07, 6.45) is -0.179. The maximum absolute atomic E-state index is 12.3. The van der Waals surface area contributed by atoms with E-state index in [2.05, 4.69) is 9.89 Å². The first-order chi connectivity index (χ1) is 9.99. The van der Waals surface area contributed by atoms with Crippen molar-refractivity contribution in [3.05, 3.63) is 29.8 Å². The number of amides is 1. The minimum atomic E-state index is -4.09. The Bertz CT molecular complexity index is 671. The SMILES string of the molecule is COC(=O)NS(=O)(=O)N1CCC/C(=N/O)c2ccccc21. The summed E-state index contributed by atoms with van der Waals surface area (Å²) in [5.74, 6) is 0. The van der Waals surface area contributed by atoms with Crippen molar-refractivity contribution in [3.8, 4) is 0 Å². The number of hydrogen-bond acceptors (Lipinski definition) is 6. The van der Waals surface area contributed by atoms with Crippen LogP contribution < -0.4 is 9.03 Å². The maximum Gasteiger partial charge on any atom is 0.422 e. The number of benzene rings is 1. The first-order valence-electron chi connectivity index (χ1n) is 6.18. The zero-order valence-electron chi connectivity index (χ0n) is 11.3. The van der Waals surface area contributed by atoms with Crippen LogP contribution in [0.1, 0.15) is 18.4 Å². The van der Waals surface area contributed by atoms with Crippen LogP contribution in [0.2, 0.25) is 0 Å². The molecule has 1 aliphatic heterocycles. The molecule has 1 aliphatic rings. The molecule has 0 bridgehead atoms. The van der Waals surface area contributed by atoms with E-state index < -0.39 is 16.3 Å². The molecule has 21 heavy (non-hydrogen) atoms. The molecule has 2 N–H and O–H groups in total. The van der Waals surface area contributed by atoms with E-state index in [1.165, 1.54) is 0 Å². The van der Waals surface area contributed by atoms with Gasteiger partial charge in [-0.2, -0.15) is 8.42 Å². The highest BCUT2D eigenvalue weighted by Gasteiger charge is 2.29. The van der Waals surface area contributed by atoms with Crippen LogP contribution in [-0.4, -0.2) is 39.1 Å². The van der Waals surface area contributed by atoms with E-state index in [0.29, 0.717) is 29.8 Å². The molecule has 2 rings (SSSR count). The van der Waals surface area contributed by atoms with Crippen molar-refractivity contribution in [3.63, 3.8) is 0 Å². The third-order valence-corrected chi connectivity index (χ3v) is 4.45. The summed E-state index contributed by atoms with van der Waals surface area (Å²) in [5, 5.41) is 12.3. The average Bonchev–Trinajstić information content (AvgIpc) is 2.66. The number of nitrogens with zero attached hydrogens (tertiary/aromatic N) is 2. The molecule has 0 fully saturated rings. The number of anilines is 1. The molecular formula is C12H15N3O5S. The largest absolute Gasteiger partial charge is 0.452 e. The van der Waals surface area contributed by atoms with Gasteiger partial charge in [0.05, 0.1) is 18.5 Å². The summed E-state index contributed by atoms with van der Waals surface area (Å²) < 4.78 is 31.8. The minimum Gasteiger partial charge on any atom is -0.452 e. The Hall–Kier alpha value is -2.29. The number of carbonyl (C=O) groups excluding carboxylic acids is 1. The van der Waals surface area contributed by atoms with Gasteiger partial charge in [0.15, 0.2) is 0 Å². The number of nitrogens with one attached hydrogen (secondary N) is 1. The van der Waals surface area contributed by atoms with Crippen molar-refractivity contribution in [2.75, 3.05) is 18.0 Å². The predicted octanol–water partition coefficient (Wildman–Crippen LogP) is 1.07. The van der Waals surface area contributed by atoms with Crippen LogP contribution in [0.5, 0.6) is 0 Å². The number of ether oxygens (including phenoxy) is 1. The van der Waals surface area contributed by atoms with Gasteiger partial charge in [-0.15, -0.1) is 0 Å². The molecule has 1 heterocycles. The highest BCUT2D eigenvalue weighted by atomic mass is 32.2. The van der Waals surface area contributed by atoms with Gasteiger partial charge < -0.3 is 9.94 Å². The molecule has 0 atom stereocenters. The lowest BCUT2D eigenvalue weighted by Crippen LogP contribution is -2.44. The molecule has 0 spiro atoms. The molecule has 0 unspecified atom stereocenters.